The van der Waals surface area contributed by atoms with Crippen molar-refractivity contribution in [3.8, 4) is 11.3 Å². The Balaban J connectivity index is 1.45. The second-order valence-corrected chi connectivity index (χ2v) is 9.61. The number of nitro groups is 1. The van der Waals surface area contributed by atoms with Crippen molar-refractivity contribution < 1.29 is 14.1 Å². The molecule has 0 atom stereocenters. The summed E-state index contributed by atoms with van der Waals surface area (Å²) in [5, 5.41) is 15.3. The molecule has 0 fully saturated rings. The number of furan rings is 1. The highest BCUT2D eigenvalue weighted by Crippen LogP contribution is 2.40. The van der Waals surface area contributed by atoms with E-state index in [9.17, 15) is 14.9 Å². The molecule has 5 rings (SSSR count). The number of aliphatic imine (C=N–C) groups is 1. The molecule has 2 heterocycles. The number of aryl methyl sites for hydroxylation is 1. The van der Waals surface area contributed by atoms with Crippen molar-refractivity contribution in [1.29, 1.82) is 0 Å². The minimum Gasteiger partial charge on any atom is -0.455 e. The predicted molar refractivity (Wildman–Crippen MR) is 138 cm³/mol. The highest BCUT2D eigenvalue weighted by molar-refractivity contribution is 7.16. The number of anilines is 1. The molecule has 7 nitrogen and oxygen atoms in total. The number of halogens is 1. The van der Waals surface area contributed by atoms with Gasteiger partial charge in [0.15, 0.2) is 0 Å². The molecule has 176 valence electrons. The zero-order valence-electron chi connectivity index (χ0n) is 18.5. The Hall–Kier alpha value is -3.75. The van der Waals surface area contributed by atoms with Crippen molar-refractivity contribution in [2.45, 2.75) is 25.7 Å². The molecule has 1 amide bonds. The molecular formula is C26H20ClN3O4S. The molecule has 0 saturated heterocycles. The number of hydrogen-bond acceptors (Lipinski definition) is 6. The molecule has 1 N–H and O–H groups in total. The first-order chi connectivity index (χ1) is 17.0. The first kappa shape index (κ1) is 23.0. The van der Waals surface area contributed by atoms with Crippen LogP contribution < -0.4 is 5.32 Å². The van der Waals surface area contributed by atoms with Gasteiger partial charge in [0.1, 0.15) is 16.5 Å². The van der Waals surface area contributed by atoms with Crippen molar-refractivity contribution >= 4 is 51.4 Å². The van der Waals surface area contributed by atoms with Crippen LogP contribution in [0.5, 0.6) is 0 Å². The van der Waals surface area contributed by atoms with Crippen molar-refractivity contribution in [1.82, 2.24) is 0 Å². The zero-order chi connectivity index (χ0) is 24.4. The topological polar surface area (TPSA) is 97.7 Å². The smallest absolute Gasteiger partial charge is 0.281 e. The van der Waals surface area contributed by atoms with Gasteiger partial charge in [0, 0.05) is 21.7 Å². The molecule has 4 aromatic rings. The molecule has 0 unspecified atom stereocenters. The van der Waals surface area contributed by atoms with Crippen LogP contribution in [0, 0.1) is 10.1 Å². The summed E-state index contributed by atoms with van der Waals surface area (Å²) < 4.78 is 5.83. The second kappa shape index (κ2) is 9.85. The van der Waals surface area contributed by atoms with Crippen LogP contribution in [0.4, 0.5) is 16.4 Å². The van der Waals surface area contributed by atoms with Crippen LogP contribution in [0.1, 0.15) is 39.4 Å². The van der Waals surface area contributed by atoms with E-state index in [4.69, 9.17) is 16.0 Å². The second-order valence-electron chi connectivity index (χ2n) is 8.09. The number of amides is 1. The van der Waals surface area contributed by atoms with Gasteiger partial charge in [-0.05, 0) is 67.6 Å². The predicted octanol–water partition coefficient (Wildman–Crippen LogP) is 7.45. The highest BCUT2D eigenvalue weighted by Gasteiger charge is 2.25. The quantitative estimate of drug-likeness (QED) is 0.167. The molecule has 9 heteroatoms. The van der Waals surface area contributed by atoms with E-state index in [1.807, 2.05) is 30.3 Å². The molecular weight excluding hydrogens is 486 g/mol. The number of hydrogen-bond donors (Lipinski definition) is 1. The van der Waals surface area contributed by atoms with E-state index in [0.717, 1.165) is 36.9 Å². The number of para-hydroxylation sites is 1. The molecule has 0 radical (unpaired) electrons. The van der Waals surface area contributed by atoms with Crippen LogP contribution in [0.3, 0.4) is 0 Å². The number of carbonyl (C=O) groups excluding carboxylic acids is 1. The number of thiophene rings is 1. The number of nitrogens with zero attached hydrogens (tertiary/aromatic N) is 2. The third-order valence-electron chi connectivity index (χ3n) is 5.77. The summed E-state index contributed by atoms with van der Waals surface area (Å²) in [5.74, 6) is 0.576. The number of nitrogens with one attached hydrogen (secondary N) is 1. The minimum absolute atomic E-state index is 0.138. The fraction of sp³-hybridized carbons (Fsp3) is 0.154. The average molecular weight is 506 g/mol. The number of rotatable bonds is 6. The number of fused-ring (bicyclic) bond motifs is 1. The summed E-state index contributed by atoms with van der Waals surface area (Å²) in [6.07, 6.45) is 5.47. The van der Waals surface area contributed by atoms with Crippen LogP contribution >= 0.6 is 22.9 Å². The molecule has 35 heavy (non-hydrogen) atoms. The molecule has 1 aliphatic carbocycles. The highest BCUT2D eigenvalue weighted by atomic mass is 35.5. The third kappa shape index (κ3) is 4.89. The summed E-state index contributed by atoms with van der Waals surface area (Å²) in [7, 11) is 0. The van der Waals surface area contributed by atoms with Gasteiger partial charge in [-0.2, -0.15) is 0 Å². The Morgan fingerprint density at radius 3 is 2.71 bits per heavy atom. The first-order valence-electron chi connectivity index (χ1n) is 11.1. The van der Waals surface area contributed by atoms with E-state index in [1.54, 1.807) is 30.5 Å². The Bertz CT molecular complexity index is 1440. The number of nitro benzene ring substituents is 1. The number of benzene rings is 2. The lowest BCUT2D eigenvalue weighted by atomic mass is 9.95. The van der Waals surface area contributed by atoms with Crippen molar-refractivity contribution in [2.24, 2.45) is 4.99 Å². The van der Waals surface area contributed by atoms with Gasteiger partial charge in [0.25, 0.3) is 11.6 Å². The maximum Gasteiger partial charge on any atom is 0.281 e. The molecule has 0 bridgehead atoms. The largest absolute Gasteiger partial charge is 0.455 e. The van der Waals surface area contributed by atoms with Gasteiger partial charge in [-0.15, -0.1) is 11.3 Å². The first-order valence-corrected chi connectivity index (χ1v) is 12.3. The normalized spacial score (nSPS) is 13.1. The summed E-state index contributed by atoms with van der Waals surface area (Å²) in [6.45, 7) is 0. The van der Waals surface area contributed by atoms with Crippen LogP contribution in [0.2, 0.25) is 5.02 Å². The van der Waals surface area contributed by atoms with E-state index in [-0.39, 0.29) is 16.6 Å². The van der Waals surface area contributed by atoms with E-state index in [0.29, 0.717) is 27.6 Å². The maximum atomic E-state index is 13.2. The minimum atomic E-state index is -0.495. The Labute approximate surface area is 210 Å². The molecule has 2 aromatic heterocycles. The standard InChI is InChI=1S/C26H20ClN3O4S/c27-16-10-12-19(21(14-16)30(32)33)22-13-11-18(34-22)15-28-26-24(20-8-4-5-9-23(20)35-26)25(31)29-17-6-2-1-3-7-17/h1-3,6-7,10-15H,4-5,8-9H2,(H,29,31). The lowest BCUT2D eigenvalue weighted by Crippen LogP contribution is -2.14. The van der Waals surface area contributed by atoms with Gasteiger partial charge >= 0.3 is 0 Å². The average Bonchev–Trinajstić information content (AvgIpc) is 3.47. The molecule has 0 aliphatic heterocycles. The van der Waals surface area contributed by atoms with Gasteiger partial charge in [-0.25, -0.2) is 4.99 Å². The van der Waals surface area contributed by atoms with Crippen LogP contribution in [0.25, 0.3) is 11.3 Å². The zero-order valence-corrected chi connectivity index (χ0v) is 20.1. The molecule has 2 aromatic carbocycles. The summed E-state index contributed by atoms with van der Waals surface area (Å²) >= 11 is 7.44. The molecule has 0 spiro atoms. The van der Waals surface area contributed by atoms with Crippen LogP contribution in [-0.4, -0.2) is 17.0 Å². The molecule has 1 aliphatic rings. The maximum absolute atomic E-state index is 13.2. The third-order valence-corrected chi connectivity index (χ3v) is 7.20. The molecule has 0 saturated carbocycles. The van der Waals surface area contributed by atoms with Gasteiger partial charge in [0.05, 0.1) is 22.3 Å². The Morgan fingerprint density at radius 1 is 1.11 bits per heavy atom. The van der Waals surface area contributed by atoms with E-state index in [2.05, 4.69) is 10.3 Å². The lowest BCUT2D eigenvalue weighted by Gasteiger charge is -2.12. The van der Waals surface area contributed by atoms with Crippen molar-refractivity contribution in [2.75, 3.05) is 5.32 Å². The fourth-order valence-electron chi connectivity index (χ4n) is 4.15. The van der Waals surface area contributed by atoms with Gasteiger partial charge in [0.2, 0.25) is 0 Å². The van der Waals surface area contributed by atoms with Crippen LogP contribution in [0.15, 0.2) is 70.1 Å². The van der Waals surface area contributed by atoms with Crippen molar-refractivity contribution in [3.05, 3.63) is 97.6 Å². The van der Waals surface area contributed by atoms with Crippen LogP contribution in [-0.2, 0) is 12.8 Å². The lowest BCUT2D eigenvalue weighted by molar-refractivity contribution is -0.384. The van der Waals surface area contributed by atoms with Gasteiger partial charge in [-0.1, -0.05) is 29.8 Å². The summed E-state index contributed by atoms with van der Waals surface area (Å²) in [6, 6.07) is 17.1. The van der Waals surface area contributed by atoms with E-state index in [1.165, 1.54) is 22.3 Å². The Morgan fingerprint density at radius 2 is 1.91 bits per heavy atom. The van der Waals surface area contributed by atoms with E-state index < -0.39 is 4.92 Å². The summed E-state index contributed by atoms with van der Waals surface area (Å²) in [4.78, 5) is 30.0. The monoisotopic (exact) mass is 505 g/mol. The van der Waals surface area contributed by atoms with Crippen molar-refractivity contribution in [3.63, 3.8) is 0 Å². The summed E-state index contributed by atoms with van der Waals surface area (Å²) in [5.41, 5.74) is 2.59. The fourth-order valence-corrected chi connectivity index (χ4v) is 5.54. The van der Waals surface area contributed by atoms with Gasteiger partial charge in [-0.3, -0.25) is 14.9 Å². The van der Waals surface area contributed by atoms with Gasteiger partial charge < -0.3 is 9.73 Å². The number of carbonyl (C=O) groups is 1. The Kier molecular flexibility index (Phi) is 6.48. The SMILES string of the molecule is O=C(Nc1ccccc1)c1c(N=Cc2ccc(-c3ccc(Cl)cc3[N+](=O)[O-])o2)sc2c1CCCC2. The van der Waals surface area contributed by atoms with E-state index >= 15 is 0 Å².